The van der Waals surface area contributed by atoms with Crippen molar-refractivity contribution in [3.63, 3.8) is 0 Å². The molecule has 0 bridgehead atoms. The van der Waals surface area contributed by atoms with Crippen molar-refractivity contribution in [1.29, 1.82) is 0 Å². The minimum atomic E-state index is -0.299. The van der Waals surface area contributed by atoms with Gasteiger partial charge in [0, 0.05) is 29.6 Å². The average molecular weight is 462 g/mol. The van der Waals surface area contributed by atoms with Crippen molar-refractivity contribution in [3.8, 4) is 11.4 Å². The van der Waals surface area contributed by atoms with Crippen LogP contribution in [0, 0.1) is 5.82 Å². The number of halogens is 1. The number of aromatic amines is 1. The van der Waals surface area contributed by atoms with Crippen molar-refractivity contribution in [2.45, 2.75) is 25.2 Å². The van der Waals surface area contributed by atoms with E-state index in [9.17, 15) is 9.18 Å². The Hall–Kier alpha value is -3.65. The summed E-state index contributed by atoms with van der Waals surface area (Å²) in [5, 5.41) is 12.1. The predicted octanol–water partition coefficient (Wildman–Crippen LogP) is 3.94. The van der Waals surface area contributed by atoms with Gasteiger partial charge in [-0.1, -0.05) is 0 Å². The van der Waals surface area contributed by atoms with Crippen molar-refractivity contribution in [3.05, 3.63) is 77.5 Å². The van der Waals surface area contributed by atoms with E-state index in [2.05, 4.69) is 20.7 Å². The summed E-state index contributed by atoms with van der Waals surface area (Å²) < 4.78 is 20.6. The number of aromatic nitrogens is 3. The van der Waals surface area contributed by atoms with Gasteiger partial charge in [-0.3, -0.25) is 4.79 Å². The van der Waals surface area contributed by atoms with Crippen LogP contribution in [0.2, 0.25) is 0 Å². The molecule has 7 nitrogen and oxygen atoms in total. The van der Waals surface area contributed by atoms with Crippen LogP contribution >= 0.6 is 0 Å². The molecule has 1 aliphatic rings. The van der Waals surface area contributed by atoms with Gasteiger partial charge in [-0.25, -0.2) is 9.07 Å². The SMILES string of the molecule is COc1ccc2[nH]cc(CCNC(=O)c3cnn(-c4ccc(F)cc4)c3C3CCNCC3)c2c1. The second-order valence-corrected chi connectivity index (χ2v) is 8.59. The minimum absolute atomic E-state index is 0.140. The summed E-state index contributed by atoms with van der Waals surface area (Å²) >= 11 is 0. The first-order valence-electron chi connectivity index (χ1n) is 11.6. The fourth-order valence-electron chi connectivity index (χ4n) is 4.71. The number of piperidine rings is 1. The molecule has 0 spiro atoms. The number of H-pyrrole nitrogens is 1. The summed E-state index contributed by atoms with van der Waals surface area (Å²) in [6.07, 6.45) is 6.14. The van der Waals surface area contributed by atoms with Crippen LogP contribution < -0.4 is 15.4 Å². The molecule has 2 aromatic carbocycles. The first-order chi connectivity index (χ1) is 16.6. The molecule has 34 heavy (non-hydrogen) atoms. The fraction of sp³-hybridized carbons (Fsp3) is 0.308. The summed E-state index contributed by atoms with van der Waals surface area (Å²) in [5.41, 5.74) is 4.38. The molecular weight excluding hydrogens is 433 g/mol. The number of hydrogen-bond acceptors (Lipinski definition) is 4. The second kappa shape index (κ2) is 9.69. The molecule has 0 aliphatic carbocycles. The van der Waals surface area contributed by atoms with Crippen LogP contribution in [0.5, 0.6) is 5.75 Å². The molecule has 1 aliphatic heterocycles. The summed E-state index contributed by atoms with van der Waals surface area (Å²) in [4.78, 5) is 16.5. The van der Waals surface area contributed by atoms with Crippen molar-refractivity contribution < 1.29 is 13.9 Å². The van der Waals surface area contributed by atoms with Crippen LogP contribution in [-0.4, -0.2) is 47.4 Å². The van der Waals surface area contributed by atoms with Gasteiger partial charge in [0.05, 0.1) is 30.3 Å². The van der Waals surface area contributed by atoms with Crippen molar-refractivity contribution >= 4 is 16.8 Å². The normalized spacial score (nSPS) is 14.4. The van der Waals surface area contributed by atoms with Gasteiger partial charge < -0.3 is 20.4 Å². The topological polar surface area (TPSA) is 84.0 Å². The van der Waals surface area contributed by atoms with E-state index in [-0.39, 0.29) is 17.6 Å². The van der Waals surface area contributed by atoms with Gasteiger partial charge in [0.2, 0.25) is 0 Å². The smallest absolute Gasteiger partial charge is 0.254 e. The molecule has 0 radical (unpaired) electrons. The number of amides is 1. The first-order valence-corrected chi connectivity index (χ1v) is 11.6. The molecule has 4 aromatic rings. The van der Waals surface area contributed by atoms with E-state index < -0.39 is 0 Å². The largest absolute Gasteiger partial charge is 0.497 e. The zero-order chi connectivity index (χ0) is 23.5. The number of methoxy groups -OCH3 is 1. The fourth-order valence-corrected chi connectivity index (χ4v) is 4.71. The number of hydrogen-bond donors (Lipinski definition) is 3. The maximum absolute atomic E-state index is 13.5. The van der Waals surface area contributed by atoms with Crippen LogP contribution in [0.15, 0.2) is 54.9 Å². The third-order valence-electron chi connectivity index (χ3n) is 6.50. The Morgan fingerprint density at radius 2 is 2.00 bits per heavy atom. The molecule has 1 fully saturated rings. The Morgan fingerprint density at radius 1 is 1.21 bits per heavy atom. The van der Waals surface area contributed by atoms with Gasteiger partial charge in [-0.05, 0) is 80.4 Å². The molecule has 1 amide bonds. The van der Waals surface area contributed by atoms with Crippen LogP contribution in [-0.2, 0) is 6.42 Å². The van der Waals surface area contributed by atoms with Gasteiger partial charge in [-0.15, -0.1) is 0 Å². The maximum atomic E-state index is 13.5. The quantitative estimate of drug-likeness (QED) is 0.389. The number of nitrogens with zero attached hydrogens (tertiary/aromatic N) is 2. The van der Waals surface area contributed by atoms with Crippen LogP contribution in [0.3, 0.4) is 0 Å². The second-order valence-electron chi connectivity index (χ2n) is 8.59. The van der Waals surface area contributed by atoms with Gasteiger partial charge >= 0.3 is 0 Å². The highest BCUT2D eigenvalue weighted by Crippen LogP contribution is 2.30. The Bertz CT molecular complexity index is 1290. The Labute approximate surface area is 197 Å². The lowest BCUT2D eigenvalue weighted by Crippen LogP contribution is -2.31. The molecule has 3 heterocycles. The van der Waals surface area contributed by atoms with E-state index in [1.54, 1.807) is 30.1 Å². The molecule has 0 atom stereocenters. The summed E-state index contributed by atoms with van der Waals surface area (Å²) in [6, 6.07) is 12.1. The Kier molecular flexibility index (Phi) is 6.31. The van der Waals surface area contributed by atoms with Gasteiger partial charge in [0.1, 0.15) is 11.6 Å². The highest BCUT2D eigenvalue weighted by Gasteiger charge is 2.27. The molecule has 8 heteroatoms. The number of fused-ring (bicyclic) bond motifs is 1. The summed E-state index contributed by atoms with van der Waals surface area (Å²) in [5.74, 6) is 0.569. The monoisotopic (exact) mass is 461 g/mol. The Balaban J connectivity index is 1.35. The zero-order valence-electron chi connectivity index (χ0n) is 19.1. The van der Waals surface area contributed by atoms with E-state index in [4.69, 9.17) is 4.74 Å². The third-order valence-corrected chi connectivity index (χ3v) is 6.50. The lowest BCUT2D eigenvalue weighted by molar-refractivity contribution is 0.0952. The Morgan fingerprint density at radius 3 is 2.76 bits per heavy atom. The van der Waals surface area contributed by atoms with E-state index in [1.807, 2.05) is 24.4 Å². The van der Waals surface area contributed by atoms with Crippen LogP contribution in [0.1, 0.15) is 40.4 Å². The van der Waals surface area contributed by atoms with Crippen LogP contribution in [0.25, 0.3) is 16.6 Å². The maximum Gasteiger partial charge on any atom is 0.254 e. The molecule has 0 unspecified atom stereocenters. The van der Waals surface area contributed by atoms with Gasteiger partial charge in [0.25, 0.3) is 5.91 Å². The molecular formula is C26H28FN5O2. The molecule has 2 aromatic heterocycles. The first kappa shape index (κ1) is 22.2. The molecule has 3 N–H and O–H groups in total. The van der Waals surface area contributed by atoms with E-state index in [0.29, 0.717) is 18.5 Å². The summed E-state index contributed by atoms with van der Waals surface area (Å²) in [7, 11) is 1.65. The van der Waals surface area contributed by atoms with Gasteiger partial charge in [-0.2, -0.15) is 5.10 Å². The lowest BCUT2D eigenvalue weighted by Gasteiger charge is -2.24. The van der Waals surface area contributed by atoms with Crippen molar-refractivity contribution in [2.24, 2.45) is 0 Å². The molecule has 1 saturated heterocycles. The molecule has 176 valence electrons. The van der Waals surface area contributed by atoms with E-state index >= 15 is 0 Å². The average Bonchev–Trinajstić information content (AvgIpc) is 3.49. The highest BCUT2D eigenvalue weighted by atomic mass is 19.1. The minimum Gasteiger partial charge on any atom is -0.497 e. The van der Waals surface area contributed by atoms with Gasteiger partial charge in [0.15, 0.2) is 0 Å². The molecule has 5 rings (SSSR count). The zero-order valence-corrected chi connectivity index (χ0v) is 19.1. The number of benzene rings is 2. The number of nitrogens with one attached hydrogen (secondary N) is 3. The van der Waals surface area contributed by atoms with Crippen molar-refractivity contribution in [1.82, 2.24) is 25.4 Å². The number of rotatable bonds is 7. The molecule has 0 saturated carbocycles. The number of carbonyl (C=O) groups is 1. The highest BCUT2D eigenvalue weighted by molar-refractivity contribution is 5.95. The summed E-state index contributed by atoms with van der Waals surface area (Å²) in [6.45, 7) is 2.28. The van der Waals surface area contributed by atoms with Crippen LogP contribution in [0.4, 0.5) is 4.39 Å². The van der Waals surface area contributed by atoms with E-state index in [0.717, 1.165) is 59.5 Å². The van der Waals surface area contributed by atoms with Crippen molar-refractivity contribution in [2.75, 3.05) is 26.7 Å². The van der Waals surface area contributed by atoms with E-state index in [1.165, 1.54) is 12.1 Å². The number of ether oxygens (including phenoxy) is 1. The number of carbonyl (C=O) groups excluding carboxylic acids is 1. The predicted molar refractivity (Wildman–Crippen MR) is 129 cm³/mol. The standard InChI is InChI=1S/C26H28FN5O2/c1-34-21-6-7-24-22(14-21)18(15-30-24)10-13-29-26(33)23-16-31-32(20-4-2-19(27)3-5-20)25(23)17-8-11-28-12-9-17/h2-7,14-17,28,30H,8-13H2,1H3,(H,29,33). The lowest BCUT2D eigenvalue weighted by atomic mass is 9.91. The third kappa shape index (κ3) is 4.41.